The van der Waals surface area contributed by atoms with E-state index in [2.05, 4.69) is 4.99 Å². The van der Waals surface area contributed by atoms with Gasteiger partial charge in [0, 0.05) is 11.6 Å². The van der Waals surface area contributed by atoms with Crippen molar-refractivity contribution in [1.29, 1.82) is 0 Å². The van der Waals surface area contributed by atoms with Gasteiger partial charge in [-0.05, 0) is 25.0 Å². The molecule has 0 aliphatic heterocycles. The molecule has 0 N–H and O–H groups in total. The molecule has 3 nitrogen and oxygen atoms in total. The fourth-order valence-electron chi connectivity index (χ4n) is 2.54. The lowest BCUT2D eigenvalue weighted by Gasteiger charge is -2.24. The van der Waals surface area contributed by atoms with E-state index in [1.165, 1.54) is 19.2 Å². The minimum atomic E-state index is -0.569. The summed E-state index contributed by atoms with van der Waals surface area (Å²) in [5.41, 5.74) is 0.211. The molecular weight excluding hydrogens is 221 g/mol. The van der Waals surface area contributed by atoms with E-state index in [1.54, 1.807) is 12.1 Å². The van der Waals surface area contributed by atoms with Gasteiger partial charge in [0.05, 0.1) is 7.11 Å². The van der Waals surface area contributed by atoms with Crippen LogP contribution in [-0.4, -0.2) is 13.2 Å². The molecule has 1 aromatic rings. The number of benzene rings is 1. The highest BCUT2D eigenvalue weighted by Gasteiger charge is 2.38. The molecule has 0 heterocycles. The molecule has 4 heteroatoms. The predicted octanol–water partition coefficient (Wildman–Crippen LogP) is 2.94. The monoisotopic (exact) mass is 235 g/mol. The summed E-state index contributed by atoms with van der Waals surface area (Å²) in [6.07, 6.45) is 5.22. The Morgan fingerprint density at radius 1 is 1.41 bits per heavy atom. The van der Waals surface area contributed by atoms with Crippen LogP contribution in [0.5, 0.6) is 5.75 Å². The summed E-state index contributed by atoms with van der Waals surface area (Å²) in [6.45, 7) is 0. The smallest absolute Gasteiger partial charge is 0.235 e. The van der Waals surface area contributed by atoms with E-state index in [1.807, 2.05) is 0 Å². The average molecular weight is 235 g/mol. The number of ether oxygens (including phenoxy) is 1. The van der Waals surface area contributed by atoms with Gasteiger partial charge < -0.3 is 4.74 Å². The molecule has 0 atom stereocenters. The topological polar surface area (TPSA) is 38.7 Å². The van der Waals surface area contributed by atoms with Crippen LogP contribution in [0.3, 0.4) is 0 Å². The Labute approximate surface area is 99.3 Å². The minimum absolute atomic E-state index is 0.353. The van der Waals surface area contributed by atoms with Crippen molar-refractivity contribution in [3.8, 4) is 5.75 Å². The summed E-state index contributed by atoms with van der Waals surface area (Å²) >= 11 is 0. The van der Waals surface area contributed by atoms with Gasteiger partial charge in [-0.3, -0.25) is 0 Å². The summed E-state index contributed by atoms with van der Waals surface area (Å²) < 4.78 is 18.3. The Morgan fingerprint density at radius 3 is 2.71 bits per heavy atom. The first-order chi connectivity index (χ1) is 8.22. The second-order valence-corrected chi connectivity index (χ2v) is 4.29. The number of nitrogens with zero attached hydrogens (tertiary/aromatic N) is 1. The van der Waals surface area contributed by atoms with Gasteiger partial charge in [0.15, 0.2) is 0 Å². The molecule has 17 heavy (non-hydrogen) atoms. The van der Waals surface area contributed by atoms with Crippen molar-refractivity contribution in [2.75, 3.05) is 7.11 Å². The SMILES string of the molecule is COc1cc(F)ccc1C1(N=C=O)CCCC1. The molecule has 1 saturated carbocycles. The molecule has 0 spiro atoms. The molecule has 90 valence electrons. The zero-order valence-electron chi connectivity index (χ0n) is 9.70. The minimum Gasteiger partial charge on any atom is -0.496 e. The summed E-state index contributed by atoms with van der Waals surface area (Å²) in [7, 11) is 1.49. The molecule has 0 aromatic heterocycles. The van der Waals surface area contributed by atoms with Gasteiger partial charge in [-0.25, -0.2) is 9.18 Å². The van der Waals surface area contributed by atoms with Gasteiger partial charge in [-0.2, -0.15) is 4.99 Å². The van der Waals surface area contributed by atoms with E-state index in [9.17, 15) is 9.18 Å². The Bertz CT molecular complexity index is 460. The maximum atomic E-state index is 13.1. The molecule has 1 fully saturated rings. The molecule has 0 unspecified atom stereocenters. The van der Waals surface area contributed by atoms with Crippen molar-refractivity contribution in [2.24, 2.45) is 4.99 Å². The summed E-state index contributed by atoms with van der Waals surface area (Å²) in [4.78, 5) is 14.6. The van der Waals surface area contributed by atoms with Crippen molar-refractivity contribution < 1.29 is 13.9 Å². The first kappa shape index (κ1) is 11.8. The van der Waals surface area contributed by atoms with Crippen LogP contribution in [0.1, 0.15) is 31.2 Å². The highest BCUT2D eigenvalue weighted by molar-refractivity contribution is 5.44. The molecule has 1 aliphatic carbocycles. The van der Waals surface area contributed by atoms with E-state index in [4.69, 9.17) is 4.74 Å². The number of hydrogen-bond acceptors (Lipinski definition) is 3. The average Bonchev–Trinajstić information content (AvgIpc) is 2.79. The van der Waals surface area contributed by atoms with E-state index in [-0.39, 0.29) is 5.82 Å². The maximum absolute atomic E-state index is 13.1. The summed E-state index contributed by atoms with van der Waals surface area (Å²) in [6, 6.07) is 4.36. The van der Waals surface area contributed by atoms with Gasteiger partial charge in [0.25, 0.3) is 0 Å². The van der Waals surface area contributed by atoms with Crippen LogP contribution < -0.4 is 4.74 Å². The van der Waals surface area contributed by atoms with Gasteiger partial charge in [-0.15, -0.1) is 0 Å². The van der Waals surface area contributed by atoms with Crippen LogP contribution in [0.2, 0.25) is 0 Å². The number of halogens is 1. The lowest BCUT2D eigenvalue weighted by molar-refractivity contribution is 0.376. The van der Waals surface area contributed by atoms with Crippen molar-refractivity contribution in [3.63, 3.8) is 0 Å². The Balaban J connectivity index is 2.53. The van der Waals surface area contributed by atoms with Crippen LogP contribution in [0.4, 0.5) is 4.39 Å². The standard InChI is InChI=1S/C13H14FNO2/c1-17-12-8-10(14)4-5-11(12)13(15-9-16)6-2-3-7-13/h4-5,8H,2-3,6-7H2,1H3. The summed E-state index contributed by atoms with van der Waals surface area (Å²) in [5.74, 6) is 0.0970. The third-order valence-corrected chi connectivity index (χ3v) is 3.36. The highest BCUT2D eigenvalue weighted by Crippen LogP contribution is 2.45. The normalized spacial score (nSPS) is 17.5. The molecular formula is C13H14FNO2. The fraction of sp³-hybridized carbons (Fsp3) is 0.462. The zero-order chi connectivity index (χ0) is 12.3. The third kappa shape index (κ3) is 2.08. The van der Waals surface area contributed by atoms with Crippen molar-refractivity contribution in [1.82, 2.24) is 0 Å². The number of aliphatic imine (C=N–C) groups is 1. The van der Waals surface area contributed by atoms with Crippen molar-refractivity contribution in [2.45, 2.75) is 31.2 Å². The maximum Gasteiger partial charge on any atom is 0.235 e. The van der Waals surface area contributed by atoms with Crippen LogP contribution in [-0.2, 0) is 10.3 Å². The molecule has 2 rings (SSSR count). The van der Waals surface area contributed by atoms with Crippen LogP contribution in [0.15, 0.2) is 23.2 Å². The number of hydrogen-bond donors (Lipinski definition) is 0. The number of rotatable bonds is 3. The first-order valence-corrected chi connectivity index (χ1v) is 5.65. The number of methoxy groups -OCH3 is 1. The van der Waals surface area contributed by atoms with Gasteiger partial charge in [-0.1, -0.05) is 12.8 Å². The van der Waals surface area contributed by atoms with Crippen molar-refractivity contribution >= 4 is 6.08 Å². The lowest BCUT2D eigenvalue weighted by atomic mass is 9.88. The zero-order valence-corrected chi connectivity index (χ0v) is 9.70. The predicted molar refractivity (Wildman–Crippen MR) is 61.2 cm³/mol. The van der Waals surface area contributed by atoms with Gasteiger partial charge >= 0.3 is 0 Å². The second kappa shape index (κ2) is 4.68. The Morgan fingerprint density at radius 2 is 2.12 bits per heavy atom. The van der Waals surface area contributed by atoms with E-state index < -0.39 is 5.54 Å². The van der Waals surface area contributed by atoms with Crippen LogP contribution >= 0.6 is 0 Å². The lowest BCUT2D eigenvalue weighted by Crippen LogP contribution is -2.20. The second-order valence-electron chi connectivity index (χ2n) is 4.29. The largest absolute Gasteiger partial charge is 0.496 e. The summed E-state index contributed by atoms with van der Waals surface area (Å²) in [5, 5.41) is 0. The highest BCUT2D eigenvalue weighted by atomic mass is 19.1. The molecule has 0 saturated heterocycles. The third-order valence-electron chi connectivity index (χ3n) is 3.36. The quantitative estimate of drug-likeness (QED) is 0.596. The number of carbonyl (C=O) groups excluding carboxylic acids is 1. The van der Waals surface area contributed by atoms with Crippen LogP contribution in [0, 0.1) is 5.82 Å². The molecule has 1 aliphatic rings. The molecule has 1 aromatic carbocycles. The molecule has 0 radical (unpaired) electrons. The van der Waals surface area contributed by atoms with Crippen molar-refractivity contribution in [3.05, 3.63) is 29.6 Å². The fourth-order valence-corrected chi connectivity index (χ4v) is 2.54. The first-order valence-electron chi connectivity index (χ1n) is 5.65. The van der Waals surface area contributed by atoms with Gasteiger partial charge in [0.2, 0.25) is 6.08 Å². The number of isocyanates is 1. The van der Waals surface area contributed by atoms with E-state index in [0.717, 1.165) is 31.2 Å². The Kier molecular flexibility index (Phi) is 3.25. The van der Waals surface area contributed by atoms with Gasteiger partial charge in [0.1, 0.15) is 17.1 Å². The molecule has 0 amide bonds. The molecule has 0 bridgehead atoms. The van der Waals surface area contributed by atoms with E-state index >= 15 is 0 Å². The van der Waals surface area contributed by atoms with E-state index in [0.29, 0.717) is 5.75 Å². The van der Waals surface area contributed by atoms with Crippen LogP contribution in [0.25, 0.3) is 0 Å². The Hall–Kier alpha value is -1.67.